The molecule has 0 bridgehead atoms. The molecule has 19 heavy (non-hydrogen) atoms. The first-order valence-electron chi connectivity index (χ1n) is 5.74. The van der Waals surface area contributed by atoms with E-state index in [4.69, 9.17) is 19.9 Å². The van der Waals surface area contributed by atoms with Crippen molar-refractivity contribution in [2.45, 2.75) is 20.0 Å². The van der Waals surface area contributed by atoms with Crippen molar-refractivity contribution in [1.29, 1.82) is 0 Å². The van der Waals surface area contributed by atoms with E-state index in [2.05, 4.69) is 0 Å². The number of esters is 2. The van der Waals surface area contributed by atoms with Crippen LogP contribution in [0, 0.1) is 0 Å². The van der Waals surface area contributed by atoms with Gasteiger partial charge in [0.05, 0.1) is 13.2 Å². The molecule has 0 atom stereocenters. The predicted octanol–water partition coefficient (Wildman–Crippen LogP) is 1.39. The van der Waals surface area contributed by atoms with Gasteiger partial charge in [-0.1, -0.05) is 0 Å². The summed E-state index contributed by atoms with van der Waals surface area (Å²) in [4.78, 5) is 23.1. The molecule has 2 N–H and O–H groups in total. The molecule has 0 saturated heterocycles. The van der Waals surface area contributed by atoms with Crippen molar-refractivity contribution in [3.8, 4) is 5.75 Å². The molecule has 0 heterocycles. The second-order valence-electron chi connectivity index (χ2n) is 4.07. The van der Waals surface area contributed by atoms with Crippen molar-refractivity contribution in [2.75, 3.05) is 19.5 Å². The van der Waals surface area contributed by atoms with E-state index in [-0.39, 0.29) is 11.7 Å². The van der Waals surface area contributed by atoms with Crippen molar-refractivity contribution in [3.63, 3.8) is 0 Å². The Hall–Kier alpha value is -2.24. The summed E-state index contributed by atoms with van der Waals surface area (Å²) in [5.74, 6) is -0.965. The van der Waals surface area contributed by atoms with Gasteiger partial charge in [-0.2, -0.15) is 0 Å². The number of benzene rings is 1. The number of nitrogens with two attached hydrogens (primary N) is 1. The average molecular weight is 267 g/mol. The van der Waals surface area contributed by atoms with E-state index in [1.54, 1.807) is 26.0 Å². The third kappa shape index (κ3) is 4.50. The van der Waals surface area contributed by atoms with Gasteiger partial charge in [-0.25, -0.2) is 9.59 Å². The van der Waals surface area contributed by atoms with E-state index in [1.165, 1.54) is 13.2 Å². The van der Waals surface area contributed by atoms with Gasteiger partial charge in [-0.3, -0.25) is 0 Å². The van der Waals surface area contributed by atoms with Crippen molar-refractivity contribution in [3.05, 3.63) is 23.8 Å². The summed E-state index contributed by atoms with van der Waals surface area (Å²) < 4.78 is 14.7. The minimum Gasteiger partial charge on any atom is -0.496 e. The molecule has 0 amide bonds. The molecular formula is C13H17NO5. The van der Waals surface area contributed by atoms with Crippen LogP contribution >= 0.6 is 0 Å². The number of carbonyl (C=O) groups is 2. The number of ether oxygens (including phenoxy) is 3. The van der Waals surface area contributed by atoms with E-state index in [1.807, 2.05) is 0 Å². The molecule has 6 nitrogen and oxygen atoms in total. The van der Waals surface area contributed by atoms with E-state index >= 15 is 0 Å². The second kappa shape index (κ2) is 6.63. The second-order valence-corrected chi connectivity index (χ2v) is 4.07. The first-order valence-corrected chi connectivity index (χ1v) is 5.74. The molecule has 1 aromatic carbocycles. The highest BCUT2D eigenvalue weighted by atomic mass is 16.6. The quantitative estimate of drug-likeness (QED) is 0.640. The molecule has 0 aliphatic rings. The lowest BCUT2D eigenvalue weighted by atomic mass is 10.2. The molecule has 1 aromatic rings. The molecule has 0 saturated carbocycles. The molecule has 0 unspecified atom stereocenters. The number of rotatable bonds is 5. The molecule has 0 aliphatic carbocycles. The Morgan fingerprint density at radius 2 is 2.00 bits per heavy atom. The topological polar surface area (TPSA) is 87.9 Å². The number of nitrogen functional groups attached to an aromatic ring is 1. The molecular weight excluding hydrogens is 250 g/mol. The van der Waals surface area contributed by atoms with Crippen LogP contribution < -0.4 is 10.5 Å². The molecule has 0 radical (unpaired) electrons. The summed E-state index contributed by atoms with van der Waals surface area (Å²) in [6.07, 6.45) is -0.256. The standard InChI is InChI=1S/C13H17NO5/c1-8(2)19-12(15)7-18-13(16)10-6-9(14)4-5-11(10)17-3/h4-6,8H,7,14H2,1-3H3. The maximum atomic E-state index is 11.8. The lowest BCUT2D eigenvalue weighted by Gasteiger charge is -2.10. The van der Waals surface area contributed by atoms with Crippen molar-refractivity contribution >= 4 is 17.6 Å². The summed E-state index contributed by atoms with van der Waals surface area (Å²) in [5.41, 5.74) is 6.15. The van der Waals surface area contributed by atoms with Gasteiger partial charge in [-0.05, 0) is 32.0 Å². The van der Waals surface area contributed by atoms with Gasteiger partial charge in [0.1, 0.15) is 11.3 Å². The third-order valence-corrected chi connectivity index (χ3v) is 2.13. The van der Waals surface area contributed by atoms with Gasteiger partial charge in [0, 0.05) is 5.69 Å². The van der Waals surface area contributed by atoms with Crippen LogP contribution in [-0.2, 0) is 14.3 Å². The minimum absolute atomic E-state index is 0.167. The Balaban J connectivity index is 2.68. The molecule has 6 heteroatoms. The van der Waals surface area contributed by atoms with Gasteiger partial charge in [0.2, 0.25) is 0 Å². The van der Waals surface area contributed by atoms with Gasteiger partial charge in [0.15, 0.2) is 6.61 Å². The number of hydrogen-bond donors (Lipinski definition) is 1. The highest BCUT2D eigenvalue weighted by Gasteiger charge is 2.16. The highest BCUT2D eigenvalue weighted by Crippen LogP contribution is 2.21. The fourth-order valence-corrected chi connectivity index (χ4v) is 1.38. The Kier molecular flexibility index (Phi) is 5.17. The highest BCUT2D eigenvalue weighted by molar-refractivity contribution is 5.94. The monoisotopic (exact) mass is 267 g/mol. The Morgan fingerprint density at radius 3 is 2.58 bits per heavy atom. The van der Waals surface area contributed by atoms with E-state index in [0.717, 1.165) is 0 Å². The molecule has 0 aromatic heterocycles. The van der Waals surface area contributed by atoms with Crippen molar-refractivity contribution < 1.29 is 23.8 Å². The number of anilines is 1. The largest absolute Gasteiger partial charge is 0.496 e. The SMILES string of the molecule is COc1ccc(N)cc1C(=O)OCC(=O)OC(C)C. The van der Waals surface area contributed by atoms with Gasteiger partial charge < -0.3 is 19.9 Å². The number of carbonyl (C=O) groups excluding carboxylic acids is 2. The maximum absolute atomic E-state index is 11.8. The van der Waals surface area contributed by atoms with Crippen LogP contribution in [-0.4, -0.2) is 31.8 Å². The van der Waals surface area contributed by atoms with Gasteiger partial charge >= 0.3 is 11.9 Å². The van der Waals surface area contributed by atoms with Crippen LogP contribution in [0.5, 0.6) is 5.75 Å². The molecule has 0 spiro atoms. The summed E-state index contributed by atoms with van der Waals surface area (Å²) in [7, 11) is 1.43. The fraction of sp³-hybridized carbons (Fsp3) is 0.385. The number of methoxy groups -OCH3 is 1. The molecule has 1 rings (SSSR count). The summed E-state index contributed by atoms with van der Waals surface area (Å²) in [6, 6.07) is 4.58. The van der Waals surface area contributed by atoms with Gasteiger partial charge in [-0.15, -0.1) is 0 Å². The average Bonchev–Trinajstić information content (AvgIpc) is 2.35. The molecule has 0 aliphatic heterocycles. The van der Waals surface area contributed by atoms with E-state index in [0.29, 0.717) is 11.4 Å². The Morgan fingerprint density at radius 1 is 1.32 bits per heavy atom. The fourth-order valence-electron chi connectivity index (χ4n) is 1.38. The molecule has 0 fully saturated rings. The zero-order chi connectivity index (χ0) is 14.4. The summed E-state index contributed by atoms with van der Waals surface area (Å²) >= 11 is 0. The van der Waals surface area contributed by atoms with Crippen LogP contribution in [0.3, 0.4) is 0 Å². The van der Waals surface area contributed by atoms with Crippen LogP contribution in [0.4, 0.5) is 5.69 Å². The van der Waals surface area contributed by atoms with Crippen LogP contribution in [0.2, 0.25) is 0 Å². The summed E-state index contributed by atoms with van der Waals surface area (Å²) in [5, 5.41) is 0. The summed E-state index contributed by atoms with van der Waals surface area (Å²) in [6.45, 7) is 2.97. The minimum atomic E-state index is -0.690. The lowest BCUT2D eigenvalue weighted by Crippen LogP contribution is -2.20. The van der Waals surface area contributed by atoms with Gasteiger partial charge in [0.25, 0.3) is 0 Å². The van der Waals surface area contributed by atoms with Crippen LogP contribution in [0.25, 0.3) is 0 Å². The first kappa shape index (κ1) is 14.8. The normalized spacial score (nSPS) is 10.1. The molecule has 104 valence electrons. The Bertz CT molecular complexity index is 470. The van der Waals surface area contributed by atoms with Crippen LogP contribution in [0.1, 0.15) is 24.2 Å². The first-order chi connectivity index (χ1) is 8.93. The zero-order valence-electron chi connectivity index (χ0n) is 11.1. The predicted molar refractivity (Wildman–Crippen MR) is 68.9 cm³/mol. The smallest absolute Gasteiger partial charge is 0.344 e. The zero-order valence-corrected chi connectivity index (χ0v) is 11.1. The maximum Gasteiger partial charge on any atom is 0.344 e. The van der Waals surface area contributed by atoms with E-state index in [9.17, 15) is 9.59 Å². The van der Waals surface area contributed by atoms with Crippen molar-refractivity contribution in [1.82, 2.24) is 0 Å². The van der Waals surface area contributed by atoms with Crippen molar-refractivity contribution in [2.24, 2.45) is 0 Å². The van der Waals surface area contributed by atoms with Crippen LogP contribution in [0.15, 0.2) is 18.2 Å². The lowest BCUT2D eigenvalue weighted by molar-refractivity contribution is -0.150. The third-order valence-electron chi connectivity index (χ3n) is 2.13. The Labute approximate surface area is 111 Å². The number of hydrogen-bond acceptors (Lipinski definition) is 6. The van der Waals surface area contributed by atoms with E-state index < -0.39 is 18.5 Å².